The molecule has 0 radical (unpaired) electrons. The Hall–Kier alpha value is -1.69. The Bertz CT molecular complexity index is 473. The third-order valence-electron chi connectivity index (χ3n) is 2.31. The van der Waals surface area contributed by atoms with E-state index in [9.17, 15) is 0 Å². The van der Waals surface area contributed by atoms with E-state index in [1.54, 1.807) is 10.9 Å². The Labute approximate surface area is 93.4 Å². The van der Waals surface area contributed by atoms with E-state index in [2.05, 4.69) is 15.2 Å². The van der Waals surface area contributed by atoms with Gasteiger partial charge >= 0.3 is 0 Å². The molecule has 2 rings (SSSR count). The van der Waals surface area contributed by atoms with Gasteiger partial charge in [-0.2, -0.15) is 10.1 Å². The standard InChI is InChI=1S/C10H15N5O/c1-6(2)10-13-9(14-16-10)8(11)7-4-12-15(3)5-7/h4-6,8H,11H2,1-3H3. The minimum absolute atomic E-state index is 0.211. The molecule has 0 bridgehead atoms. The molecule has 0 aromatic carbocycles. The molecule has 0 aliphatic carbocycles. The first-order valence-electron chi connectivity index (χ1n) is 5.15. The van der Waals surface area contributed by atoms with Crippen LogP contribution >= 0.6 is 0 Å². The van der Waals surface area contributed by atoms with Crippen molar-refractivity contribution in [3.05, 3.63) is 29.7 Å². The fourth-order valence-corrected chi connectivity index (χ4v) is 1.36. The summed E-state index contributed by atoms with van der Waals surface area (Å²) in [6.45, 7) is 3.99. The van der Waals surface area contributed by atoms with Crippen molar-refractivity contribution in [3.8, 4) is 0 Å². The van der Waals surface area contributed by atoms with E-state index >= 15 is 0 Å². The first kappa shape index (κ1) is 10.8. The Morgan fingerprint density at radius 3 is 2.69 bits per heavy atom. The van der Waals surface area contributed by atoms with Crippen LogP contribution in [0.15, 0.2) is 16.9 Å². The van der Waals surface area contributed by atoms with Crippen LogP contribution < -0.4 is 5.73 Å². The zero-order valence-electron chi connectivity index (χ0n) is 9.58. The van der Waals surface area contributed by atoms with Crippen molar-refractivity contribution >= 4 is 0 Å². The minimum Gasteiger partial charge on any atom is -0.339 e. The van der Waals surface area contributed by atoms with Gasteiger partial charge in [0, 0.05) is 24.7 Å². The lowest BCUT2D eigenvalue weighted by Crippen LogP contribution is -2.13. The average molecular weight is 221 g/mol. The van der Waals surface area contributed by atoms with E-state index in [-0.39, 0.29) is 12.0 Å². The highest BCUT2D eigenvalue weighted by Crippen LogP contribution is 2.18. The molecule has 0 aliphatic heterocycles. The predicted molar refractivity (Wildman–Crippen MR) is 57.6 cm³/mol. The predicted octanol–water partition coefficient (Wildman–Crippen LogP) is 0.975. The van der Waals surface area contributed by atoms with Gasteiger partial charge in [-0.05, 0) is 0 Å². The number of aromatic nitrogens is 4. The van der Waals surface area contributed by atoms with Gasteiger partial charge in [-0.3, -0.25) is 4.68 Å². The Morgan fingerprint density at radius 1 is 1.44 bits per heavy atom. The van der Waals surface area contributed by atoms with Crippen molar-refractivity contribution in [1.82, 2.24) is 19.9 Å². The summed E-state index contributed by atoms with van der Waals surface area (Å²) in [6.07, 6.45) is 3.55. The molecule has 16 heavy (non-hydrogen) atoms. The van der Waals surface area contributed by atoms with Gasteiger partial charge in [-0.25, -0.2) is 0 Å². The number of nitrogens with two attached hydrogens (primary N) is 1. The zero-order valence-corrected chi connectivity index (χ0v) is 9.58. The number of hydrogen-bond acceptors (Lipinski definition) is 5. The lowest BCUT2D eigenvalue weighted by atomic mass is 10.1. The van der Waals surface area contributed by atoms with Crippen LogP contribution in [0, 0.1) is 0 Å². The summed E-state index contributed by atoms with van der Waals surface area (Å²) in [5, 5.41) is 7.93. The molecule has 0 spiro atoms. The van der Waals surface area contributed by atoms with Crippen molar-refractivity contribution in [3.63, 3.8) is 0 Å². The molecule has 2 heterocycles. The minimum atomic E-state index is -0.384. The lowest BCUT2D eigenvalue weighted by Gasteiger charge is -2.02. The summed E-state index contributed by atoms with van der Waals surface area (Å²) in [4.78, 5) is 4.26. The fourth-order valence-electron chi connectivity index (χ4n) is 1.36. The summed E-state index contributed by atoms with van der Waals surface area (Å²) in [5.74, 6) is 1.31. The number of aryl methyl sites for hydroxylation is 1. The van der Waals surface area contributed by atoms with E-state index < -0.39 is 0 Å². The molecule has 0 fully saturated rings. The van der Waals surface area contributed by atoms with Crippen LogP contribution in [-0.2, 0) is 7.05 Å². The maximum atomic E-state index is 6.00. The molecular weight excluding hydrogens is 206 g/mol. The normalized spacial score (nSPS) is 13.3. The van der Waals surface area contributed by atoms with Gasteiger partial charge in [0.15, 0.2) is 5.82 Å². The molecule has 2 aromatic rings. The molecule has 1 atom stereocenters. The zero-order chi connectivity index (χ0) is 11.7. The van der Waals surface area contributed by atoms with Crippen molar-refractivity contribution in [2.24, 2.45) is 12.8 Å². The summed E-state index contributed by atoms with van der Waals surface area (Å²) in [5.41, 5.74) is 6.88. The Balaban J connectivity index is 2.23. The van der Waals surface area contributed by atoms with Crippen molar-refractivity contribution in [2.45, 2.75) is 25.8 Å². The molecule has 0 saturated heterocycles. The average Bonchev–Trinajstić information content (AvgIpc) is 2.84. The third-order valence-corrected chi connectivity index (χ3v) is 2.31. The van der Waals surface area contributed by atoms with Gasteiger partial charge in [0.25, 0.3) is 0 Å². The fraction of sp³-hybridized carbons (Fsp3) is 0.500. The highest BCUT2D eigenvalue weighted by Gasteiger charge is 2.18. The van der Waals surface area contributed by atoms with Gasteiger partial charge in [0.1, 0.15) is 0 Å². The largest absolute Gasteiger partial charge is 0.339 e. The number of rotatable bonds is 3. The lowest BCUT2D eigenvalue weighted by molar-refractivity contribution is 0.359. The molecular formula is C10H15N5O. The Kier molecular flexibility index (Phi) is 2.74. The molecule has 1 unspecified atom stereocenters. The van der Waals surface area contributed by atoms with Crippen LogP contribution in [0.1, 0.15) is 43.1 Å². The SMILES string of the molecule is CC(C)c1nc(C(N)c2cnn(C)c2)no1. The molecule has 0 aliphatic rings. The molecule has 2 N–H and O–H groups in total. The number of hydrogen-bond donors (Lipinski definition) is 1. The van der Waals surface area contributed by atoms with Gasteiger partial charge in [0.05, 0.1) is 12.2 Å². The van der Waals surface area contributed by atoms with Crippen molar-refractivity contribution in [2.75, 3.05) is 0 Å². The van der Waals surface area contributed by atoms with Gasteiger partial charge in [0.2, 0.25) is 5.89 Å². The summed E-state index contributed by atoms with van der Waals surface area (Å²) >= 11 is 0. The highest BCUT2D eigenvalue weighted by molar-refractivity contribution is 5.17. The summed E-state index contributed by atoms with van der Waals surface area (Å²) < 4.78 is 6.80. The molecule has 6 nitrogen and oxygen atoms in total. The van der Waals surface area contributed by atoms with Crippen molar-refractivity contribution < 1.29 is 4.52 Å². The second-order valence-electron chi connectivity index (χ2n) is 4.07. The molecule has 2 aromatic heterocycles. The quantitative estimate of drug-likeness (QED) is 0.835. The van der Waals surface area contributed by atoms with E-state index in [1.807, 2.05) is 27.1 Å². The molecule has 0 amide bonds. The van der Waals surface area contributed by atoms with E-state index in [4.69, 9.17) is 10.3 Å². The van der Waals surface area contributed by atoms with Crippen LogP contribution in [0.3, 0.4) is 0 Å². The maximum Gasteiger partial charge on any atom is 0.229 e. The van der Waals surface area contributed by atoms with E-state index in [1.165, 1.54) is 0 Å². The Morgan fingerprint density at radius 2 is 2.19 bits per heavy atom. The smallest absolute Gasteiger partial charge is 0.229 e. The van der Waals surface area contributed by atoms with Crippen LogP contribution in [0.4, 0.5) is 0 Å². The monoisotopic (exact) mass is 221 g/mol. The highest BCUT2D eigenvalue weighted by atomic mass is 16.5. The van der Waals surface area contributed by atoms with Crippen LogP contribution in [-0.4, -0.2) is 19.9 Å². The maximum absolute atomic E-state index is 6.00. The van der Waals surface area contributed by atoms with Crippen LogP contribution in [0.2, 0.25) is 0 Å². The van der Waals surface area contributed by atoms with E-state index in [0.29, 0.717) is 11.7 Å². The molecule has 0 saturated carbocycles. The van der Waals surface area contributed by atoms with Crippen molar-refractivity contribution in [1.29, 1.82) is 0 Å². The summed E-state index contributed by atoms with van der Waals surface area (Å²) in [7, 11) is 1.84. The topological polar surface area (TPSA) is 82.8 Å². The van der Waals surface area contributed by atoms with E-state index in [0.717, 1.165) is 5.56 Å². The van der Waals surface area contributed by atoms with Crippen LogP contribution in [0.25, 0.3) is 0 Å². The first-order chi connectivity index (χ1) is 7.58. The van der Waals surface area contributed by atoms with Crippen LogP contribution in [0.5, 0.6) is 0 Å². The van der Waals surface area contributed by atoms with Gasteiger partial charge in [-0.15, -0.1) is 0 Å². The summed E-state index contributed by atoms with van der Waals surface area (Å²) in [6, 6.07) is -0.384. The van der Waals surface area contributed by atoms with Gasteiger partial charge in [-0.1, -0.05) is 19.0 Å². The third kappa shape index (κ3) is 1.96. The molecule has 6 heteroatoms. The molecule has 86 valence electrons. The second-order valence-corrected chi connectivity index (χ2v) is 4.07. The first-order valence-corrected chi connectivity index (χ1v) is 5.15. The second kappa shape index (κ2) is 4.05. The number of nitrogens with zero attached hydrogens (tertiary/aromatic N) is 4. The van der Waals surface area contributed by atoms with Gasteiger partial charge < -0.3 is 10.3 Å².